The molecule has 6 heteroatoms. The van der Waals surface area contributed by atoms with Gasteiger partial charge in [-0.15, -0.1) is 11.3 Å². The van der Waals surface area contributed by atoms with Crippen molar-refractivity contribution in [1.82, 2.24) is 4.98 Å². The predicted octanol–water partition coefficient (Wildman–Crippen LogP) is 2.72. The quantitative estimate of drug-likeness (QED) is 0.644. The van der Waals surface area contributed by atoms with E-state index in [1.807, 2.05) is 23.7 Å². The molecule has 0 aliphatic rings. The Balaban J connectivity index is 1.94. The van der Waals surface area contributed by atoms with Crippen molar-refractivity contribution in [3.63, 3.8) is 0 Å². The lowest BCUT2D eigenvalue weighted by atomic mass is 10.1. The van der Waals surface area contributed by atoms with Gasteiger partial charge in [0.1, 0.15) is 0 Å². The van der Waals surface area contributed by atoms with Crippen LogP contribution in [-0.4, -0.2) is 10.9 Å². The second kappa shape index (κ2) is 4.82. The van der Waals surface area contributed by atoms with E-state index < -0.39 is 5.91 Å². The molecule has 2 aromatic carbocycles. The zero-order valence-electron chi connectivity index (χ0n) is 10.5. The topological polar surface area (TPSA) is 94.0 Å². The number of carbonyl (C=O) groups is 1. The van der Waals surface area contributed by atoms with Gasteiger partial charge in [0.25, 0.3) is 5.91 Å². The van der Waals surface area contributed by atoms with Crippen LogP contribution in [0.5, 0.6) is 0 Å². The molecule has 0 radical (unpaired) electrons. The first-order valence-corrected chi connectivity index (χ1v) is 6.81. The molecule has 20 heavy (non-hydrogen) atoms. The number of carbonyl (C=O) groups excluding carboxylic acids is 1. The van der Waals surface area contributed by atoms with E-state index >= 15 is 0 Å². The molecule has 1 amide bonds. The average molecular weight is 284 g/mol. The van der Waals surface area contributed by atoms with Crippen molar-refractivity contribution in [2.45, 2.75) is 0 Å². The molecular formula is C14H12N4OS. The Morgan fingerprint density at radius 1 is 1.15 bits per heavy atom. The maximum atomic E-state index is 11.3. The van der Waals surface area contributed by atoms with E-state index in [1.54, 1.807) is 29.5 Å². The van der Waals surface area contributed by atoms with E-state index in [9.17, 15) is 4.79 Å². The average Bonchev–Trinajstić information content (AvgIpc) is 2.88. The monoisotopic (exact) mass is 284 g/mol. The molecule has 0 saturated carbocycles. The number of nitrogens with two attached hydrogens (primary N) is 2. The minimum Gasteiger partial charge on any atom is -0.398 e. The minimum absolute atomic E-state index is 0.314. The Morgan fingerprint density at radius 2 is 1.90 bits per heavy atom. The number of amides is 1. The number of primary amides is 1. The summed E-state index contributed by atoms with van der Waals surface area (Å²) in [6, 6.07) is 11.0. The third-order valence-corrected chi connectivity index (χ3v) is 3.73. The molecule has 0 atom stereocenters. The van der Waals surface area contributed by atoms with E-state index in [-0.39, 0.29) is 0 Å². The van der Waals surface area contributed by atoms with E-state index in [0.717, 1.165) is 21.6 Å². The number of benzene rings is 2. The van der Waals surface area contributed by atoms with Crippen molar-refractivity contribution in [1.29, 1.82) is 0 Å². The van der Waals surface area contributed by atoms with Gasteiger partial charge in [0.05, 0.1) is 21.3 Å². The van der Waals surface area contributed by atoms with Crippen LogP contribution in [0.25, 0.3) is 10.2 Å². The van der Waals surface area contributed by atoms with Crippen LogP contribution in [0, 0.1) is 0 Å². The fourth-order valence-corrected chi connectivity index (χ4v) is 2.66. The summed E-state index contributed by atoms with van der Waals surface area (Å²) < 4.78 is 1.10. The highest BCUT2D eigenvalue weighted by Gasteiger charge is 2.07. The highest BCUT2D eigenvalue weighted by atomic mass is 32.1. The number of nitrogen functional groups attached to an aromatic ring is 1. The molecule has 0 aliphatic heterocycles. The van der Waals surface area contributed by atoms with Gasteiger partial charge in [-0.1, -0.05) is 0 Å². The molecule has 1 heterocycles. The van der Waals surface area contributed by atoms with Crippen molar-refractivity contribution < 1.29 is 4.79 Å². The lowest BCUT2D eigenvalue weighted by Gasteiger charge is -2.09. The van der Waals surface area contributed by atoms with E-state index in [1.165, 1.54) is 0 Å². The SMILES string of the molecule is NC(=O)c1cc(Nc2ccc3ncsc3c2)ccc1N. The van der Waals surface area contributed by atoms with Gasteiger partial charge in [0.2, 0.25) is 0 Å². The summed E-state index contributed by atoms with van der Waals surface area (Å²) in [5.41, 5.74) is 16.1. The van der Waals surface area contributed by atoms with Crippen LogP contribution in [0.4, 0.5) is 17.1 Å². The summed E-state index contributed by atoms with van der Waals surface area (Å²) in [7, 11) is 0. The van der Waals surface area contributed by atoms with Crippen LogP contribution in [-0.2, 0) is 0 Å². The smallest absolute Gasteiger partial charge is 0.250 e. The van der Waals surface area contributed by atoms with Crippen LogP contribution < -0.4 is 16.8 Å². The highest BCUT2D eigenvalue weighted by Crippen LogP contribution is 2.25. The Morgan fingerprint density at radius 3 is 2.70 bits per heavy atom. The number of aromatic nitrogens is 1. The molecule has 0 saturated heterocycles. The largest absolute Gasteiger partial charge is 0.398 e. The van der Waals surface area contributed by atoms with Crippen molar-refractivity contribution in [3.8, 4) is 0 Å². The maximum absolute atomic E-state index is 11.3. The minimum atomic E-state index is -0.538. The number of hydrogen-bond donors (Lipinski definition) is 3. The van der Waals surface area contributed by atoms with Crippen molar-refractivity contribution in [2.75, 3.05) is 11.1 Å². The molecule has 3 rings (SSSR count). The molecule has 0 aliphatic carbocycles. The number of nitrogens with zero attached hydrogens (tertiary/aromatic N) is 1. The summed E-state index contributed by atoms with van der Waals surface area (Å²) in [6.45, 7) is 0. The molecule has 0 bridgehead atoms. The lowest BCUT2D eigenvalue weighted by molar-refractivity contribution is 0.100. The fourth-order valence-electron chi connectivity index (χ4n) is 1.95. The standard InChI is InChI=1S/C14H12N4OS/c15-11-3-1-8(5-10(11)14(16)19)18-9-2-4-12-13(6-9)20-7-17-12/h1-7,18H,15H2,(H2,16,19). The van der Waals surface area contributed by atoms with Gasteiger partial charge in [-0.25, -0.2) is 4.98 Å². The van der Waals surface area contributed by atoms with Crippen LogP contribution in [0.3, 0.4) is 0 Å². The van der Waals surface area contributed by atoms with Crippen molar-refractivity contribution >= 4 is 44.5 Å². The number of fused-ring (bicyclic) bond motifs is 1. The normalized spacial score (nSPS) is 10.6. The summed E-state index contributed by atoms with van der Waals surface area (Å²) in [5, 5.41) is 3.22. The Labute approximate surface area is 119 Å². The summed E-state index contributed by atoms with van der Waals surface area (Å²) >= 11 is 1.58. The lowest BCUT2D eigenvalue weighted by Crippen LogP contribution is -2.13. The van der Waals surface area contributed by atoms with Gasteiger partial charge in [-0.3, -0.25) is 4.79 Å². The number of rotatable bonds is 3. The van der Waals surface area contributed by atoms with Gasteiger partial charge in [-0.2, -0.15) is 0 Å². The van der Waals surface area contributed by atoms with Crippen LogP contribution >= 0.6 is 11.3 Å². The molecule has 3 aromatic rings. The Bertz CT molecular complexity index is 797. The Kier molecular flexibility index (Phi) is 3.00. The van der Waals surface area contributed by atoms with Crippen molar-refractivity contribution in [2.24, 2.45) is 5.73 Å². The zero-order chi connectivity index (χ0) is 14.1. The molecule has 0 fully saturated rings. The maximum Gasteiger partial charge on any atom is 0.250 e. The second-order valence-corrected chi connectivity index (χ2v) is 5.21. The molecule has 5 N–H and O–H groups in total. The third kappa shape index (κ3) is 2.28. The number of anilines is 3. The predicted molar refractivity (Wildman–Crippen MR) is 82.3 cm³/mol. The second-order valence-electron chi connectivity index (χ2n) is 4.33. The van der Waals surface area contributed by atoms with Crippen LogP contribution in [0.15, 0.2) is 41.9 Å². The highest BCUT2D eigenvalue weighted by molar-refractivity contribution is 7.16. The van der Waals surface area contributed by atoms with E-state index in [4.69, 9.17) is 11.5 Å². The first-order valence-electron chi connectivity index (χ1n) is 5.93. The number of thiazole rings is 1. The van der Waals surface area contributed by atoms with Gasteiger partial charge in [0.15, 0.2) is 0 Å². The molecule has 0 unspecified atom stereocenters. The zero-order valence-corrected chi connectivity index (χ0v) is 11.3. The number of hydrogen-bond acceptors (Lipinski definition) is 5. The van der Waals surface area contributed by atoms with E-state index in [0.29, 0.717) is 11.3 Å². The first kappa shape index (κ1) is 12.4. The molecule has 1 aromatic heterocycles. The molecule has 5 nitrogen and oxygen atoms in total. The molecule has 100 valence electrons. The third-order valence-electron chi connectivity index (χ3n) is 2.94. The van der Waals surface area contributed by atoms with Crippen LogP contribution in [0.1, 0.15) is 10.4 Å². The van der Waals surface area contributed by atoms with Gasteiger partial charge in [0, 0.05) is 17.1 Å². The van der Waals surface area contributed by atoms with Gasteiger partial charge < -0.3 is 16.8 Å². The Hall–Kier alpha value is -2.60. The summed E-state index contributed by atoms with van der Waals surface area (Å²) in [5.74, 6) is -0.538. The number of nitrogens with one attached hydrogen (secondary N) is 1. The van der Waals surface area contributed by atoms with E-state index in [2.05, 4.69) is 10.3 Å². The summed E-state index contributed by atoms with van der Waals surface area (Å²) in [6.07, 6.45) is 0. The molecular weight excluding hydrogens is 272 g/mol. The molecule has 0 spiro atoms. The van der Waals surface area contributed by atoms with Crippen LogP contribution in [0.2, 0.25) is 0 Å². The van der Waals surface area contributed by atoms with Crippen molar-refractivity contribution in [3.05, 3.63) is 47.5 Å². The van der Waals surface area contributed by atoms with Gasteiger partial charge in [-0.05, 0) is 36.4 Å². The first-order chi connectivity index (χ1) is 9.63. The summed E-state index contributed by atoms with van der Waals surface area (Å²) in [4.78, 5) is 15.5. The van der Waals surface area contributed by atoms with Gasteiger partial charge >= 0.3 is 0 Å². The fraction of sp³-hybridized carbons (Fsp3) is 0.